The second-order valence-electron chi connectivity index (χ2n) is 6.21. The average Bonchev–Trinajstić information content (AvgIpc) is 3.11. The summed E-state index contributed by atoms with van der Waals surface area (Å²) in [6, 6.07) is 4.25. The predicted octanol–water partition coefficient (Wildman–Crippen LogP) is 1.79. The first-order valence-corrected chi connectivity index (χ1v) is 8.17. The van der Waals surface area contributed by atoms with Gasteiger partial charge in [0.15, 0.2) is 5.69 Å². The number of ether oxygens (including phenoxy) is 1. The summed E-state index contributed by atoms with van der Waals surface area (Å²) < 4.78 is 6.37. The molecule has 0 spiro atoms. The molecule has 130 valence electrons. The van der Waals surface area contributed by atoms with Crippen LogP contribution in [0.15, 0.2) is 12.3 Å². The van der Waals surface area contributed by atoms with Crippen molar-refractivity contribution < 1.29 is 9.53 Å². The molecule has 0 bridgehead atoms. The summed E-state index contributed by atoms with van der Waals surface area (Å²) in [4.78, 5) is 18.3. The zero-order valence-electron chi connectivity index (χ0n) is 14.6. The summed E-state index contributed by atoms with van der Waals surface area (Å²) in [5, 5.41) is 17.4. The van der Waals surface area contributed by atoms with Gasteiger partial charge in [-0.15, -0.1) is 5.10 Å². The van der Waals surface area contributed by atoms with Gasteiger partial charge in [-0.25, -0.2) is 14.5 Å². The number of carbonyl (C=O) groups excluding carboxylic acids is 1. The lowest BCUT2D eigenvalue weighted by Gasteiger charge is -2.34. The van der Waals surface area contributed by atoms with E-state index in [1.54, 1.807) is 10.9 Å². The third kappa shape index (κ3) is 3.31. The van der Waals surface area contributed by atoms with Crippen LogP contribution in [-0.4, -0.2) is 46.1 Å². The number of aryl methyl sites for hydroxylation is 2. The molecule has 2 aromatic heterocycles. The highest BCUT2D eigenvalue weighted by atomic mass is 16.5. The highest BCUT2D eigenvalue weighted by Crippen LogP contribution is 2.28. The summed E-state index contributed by atoms with van der Waals surface area (Å²) in [6.07, 6.45) is 3.48. The van der Waals surface area contributed by atoms with Crippen molar-refractivity contribution in [3.05, 3.63) is 34.8 Å². The molecule has 0 radical (unpaired) electrons. The maximum Gasteiger partial charge on any atom is 0.360 e. The van der Waals surface area contributed by atoms with Gasteiger partial charge >= 0.3 is 5.97 Å². The molecule has 0 N–H and O–H groups in total. The number of esters is 1. The van der Waals surface area contributed by atoms with Gasteiger partial charge in [-0.2, -0.15) is 5.26 Å². The van der Waals surface area contributed by atoms with Crippen LogP contribution in [0.4, 0.5) is 5.82 Å². The summed E-state index contributed by atoms with van der Waals surface area (Å²) in [7, 11) is 1.32. The van der Waals surface area contributed by atoms with Crippen LogP contribution in [0.25, 0.3) is 0 Å². The summed E-state index contributed by atoms with van der Waals surface area (Å²) >= 11 is 0. The first-order chi connectivity index (χ1) is 12.0. The molecule has 1 saturated heterocycles. The molecule has 3 heterocycles. The van der Waals surface area contributed by atoms with Crippen molar-refractivity contribution in [1.82, 2.24) is 20.0 Å². The van der Waals surface area contributed by atoms with Crippen LogP contribution in [0.5, 0.6) is 0 Å². The smallest absolute Gasteiger partial charge is 0.360 e. The van der Waals surface area contributed by atoms with Gasteiger partial charge in [0.1, 0.15) is 11.9 Å². The Morgan fingerprint density at radius 3 is 2.96 bits per heavy atom. The van der Waals surface area contributed by atoms with Gasteiger partial charge < -0.3 is 9.64 Å². The second-order valence-corrected chi connectivity index (χ2v) is 6.21. The first-order valence-electron chi connectivity index (χ1n) is 8.17. The number of anilines is 1. The van der Waals surface area contributed by atoms with Crippen LogP contribution in [0.2, 0.25) is 0 Å². The zero-order chi connectivity index (χ0) is 18.0. The van der Waals surface area contributed by atoms with E-state index >= 15 is 0 Å². The molecule has 0 aliphatic carbocycles. The molecule has 3 rings (SSSR count). The van der Waals surface area contributed by atoms with Crippen molar-refractivity contribution in [3.8, 4) is 6.07 Å². The van der Waals surface area contributed by atoms with E-state index in [0.29, 0.717) is 12.1 Å². The third-order valence-electron chi connectivity index (χ3n) is 4.41. The minimum absolute atomic E-state index is 0.0637. The molecular weight excluding hydrogens is 320 g/mol. The fourth-order valence-electron chi connectivity index (χ4n) is 3.20. The van der Waals surface area contributed by atoms with E-state index in [-0.39, 0.29) is 11.7 Å². The lowest BCUT2D eigenvalue weighted by molar-refractivity contribution is 0.0594. The topological polar surface area (TPSA) is 96.9 Å². The number of hydrogen-bond acceptors (Lipinski definition) is 7. The number of hydrogen-bond donors (Lipinski definition) is 0. The lowest BCUT2D eigenvalue weighted by atomic mass is 10.0. The molecule has 0 aromatic carbocycles. The molecule has 2 aromatic rings. The quantitative estimate of drug-likeness (QED) is 0.786. The van der Waals surface area contributed by atoms with Gasteiger partial charge in [0.25, 0.3) is 0 Å². The van der Waals surface area contributed by atoms with Gasteiger partial charge in [0.05, 0.1) is 24.9 Å². The van der Waals surface area contributed by atoms with Crippen molar-refractivity contribution in [1.29, 1.82) is 5.26 Å². The number of aromatic nitrogens is 4. The van der Waals surface area contributed by atoms with Crippen molar-refractivity contribution in [2.75, 3.05) is 25.1 Å². The highest BCUT2D eigenvalue weighted by Gasteiger charge is 2.26. The molecule has 8 nitrogen and oxygen atoms in total. The van der Waals surface area contributed by atoms with Crippen molar-refractivity contribution in [3.63, 3.8) is 0 Å². The van der Waals surface area contributed by atoms with E-state index in [4.69, 9.17) is 0 Å². The molecule has 0 unspecified atom stereocenters. The predicted molar refractivity (Wildman–Crippen MR) is 90.3 cm³/mol. The number of piperidine rings is 1. The molecular formula is C17H20N6O2. The van der Waals surface area contributed by atoms with Gasteiger partial charge in [-0.1, -0.05) is 5.21 Å². The zero-order valence-corrected chi connectivity index (χ0v) is 14.6. The van der Waals surface area contributed by atoms with Crippen molar-refractivity contribution >= 4 is 11.8 Å². The summed E-state index contributed by atoms with van der Waals surface area (Å²) in [5.74, 6) is 0.222. The number of carbonyl (C=O) groups is 1. The number of nitrogens with zero attached hydrogens (tertiary/aromatic N) is 6. The fourth-order valence-corrected chi connectivity index (χ4v) is 3.20. The maximum atomic E-state index is 11.6. The first kappa shape index (κ1) is 16.9. The molecule has 1 atom stereocenters. The van der Waals surface area contributed by atoms with E-state index in [0.717, 1.165) is 36.5 Å². The van der Waals surface area contributed by atoms with E-state index in [9.17, 15) is 10.1 Å². The van der Waals surface area contributed by atoms with Gasteiger partial charge in [0, 0.05) is 18.8 Å². The monoisotopic (exact) mass is 340 g/mol. The Morgan fingerprint density at radius 2 is 2.24 bits per heavy atom. The molecule has 0 amide bonds. The molecule has 8 heteroatoms. The van der Waals surface area contributed by atoms with Gasteiger partial charge in [-0.05, 0) is 38.3 Å². The minimum atomic E-state index is -0.498. The summed E-state index contributed by atoms with van der Waals surface area (Å²) in [6.45, 7) is 5.35. The van der Waals surface area contributed by atoms with Crippen LogP contribution in [0, 0.1) is 25.2 Å². The molecule has 25 heavy (non-hydrogen) atoms. The Morgan fingerprint density at radius 1 is 1.44 bits per heavy atom. The standard InChI is InChI=1S/C17H20N6O2/c1-11-7-12(2)19-16(14(11)8-18)22-6-4-5-13(9-22)23-10-15(20-21-23)17(24)25-3/h7,10,13H,4-6,9H2,1-3H3/t13-/m1/s1. The van der Waals surface area contributed by atoms with Gasteiger partial charge in [0.2, 0.25) is 0 Å². The number of nitriles is 1. The Hall–Kier alpha value is -2.95. The lowest BCUT2D eigenvalue weighted by Crippen LogP contribution is -2.38. The Kier molecular flexibility index (Phi) is 4.65. The van der Waals surface area contributed by atoms with E-state index in [2.05, 4.69) is 31.0 Å². The minimum Gasteiger partial charge on any atom is -0.464 e. The van der Waals surface area contributed by atoms with E-state index in [1.807, 2.05) is 19.9 Å². The number of pyridine rings is 1. The Labute approximate surface area is 146 Å². The largest absolute Gasteiger partial charge is 0.464 e. The van der Waals surface area contributed by atoms with Crippen LogP contribution < -0.4 is 4.90 Å². The molecule has 0 saturated carbocycles. The second kappa shape index (κ2) is 6.89. The third-order valence-corrected chi connectivity index (χ3v) is 4.41. The normalized spacial score (nSPS) is 17.2. The van der Waals surface area contributed by atoms with Crippen LogP contribution >= 0.6 is 0 Å². The van der Waals surface area contributed by atoms with Gasteiger partial charge in [-0.3, -0.25) is 0 Å². The Balaban J connectivity index is 1.86. The molecule has 1 aliphatic heterocycles. The average molecular weight is 340 g/mol. The summed E-state index contributed by atoms with van der Waals surface area (Å²) in [5.41, 5.74) is 2.63. The van der Waals surface area contributed by atoms with Crippen LogP contribution in [0.3, 0.4) is 0 Å². The molecule has 1 fully saturated rings. The fraction of sp³-hybridized carbons (Fsp3) is 0.471. The van der Waals surface area contributed by atoms with Crippen molar-refractivity contribution in [2.45, 2.75) is 32.7 Å². The van der Waals surface area contributed by atoms with Crippen LogP contribution in [0.1, 0.15) is 46.2 Å². The SMILES string of the molecule is COC(=O)c1cn([C@@H]2CCCN(c3nc(C)cc(C)c3C#N)C2)nn1. The van der Waals surface area contributed by atoms with E-state index < -0.39 is 5.97 Å². The Bertz CT molecular complexity index is 838. The number of rotatable bonds is 3. The van der Waals surface area contributed by atoms with Crippen molar-refractivity contribution in [2.24, 2.45) is 0 Å². The molecule has 1 aliphatic rings. The van der Waals surface area contributed by atoms with Crippen LogP contribution in [-0.2, 0) is 4.74 Å². The maximum absolute atomic E-state index is 11.6. The number of methoxy groups -OCH3 is 1. The van der Waals surface area contributed by atoms with E-state index in [1.165, 1.54) is 7.11 Å². The highest BCUT2D eigenvalue weighted by molar-refractivity contribution is 5.86.